The van der Waals surface area contributed by atoms with E-state index < -0.39 is 10.0 Å². The van der Waals surface area contributed by atoms with E-state index >= 15 is 0 Å². The number of nitrogens with zero attached hydrogens (tertiary/aromatic N) is 2. The van der Waals surface area contributed by atoms with E-state index in [1.807, 2.05) is 19.9 Å². The zero-order valence-corrected chi connectivity index (χ0v) is 19.1. The molecular weight excluding hydrogens is 432 g/mol. The fraction of sp³-hybridized carbons (Fsp3) is 0.435. The molecule has 9 heteroatoms. The number of hydrogen-bond donors (Lipinski definition) is 1. The van der Waals surface area contributed by atoms with E-state index in [4.69, 9.17) is 19.3 Å². The Balaban J connectivity index is 1.68. The summed E-state index contributed by atoms with van der Waals surface area (Å²) in [6.07, 6.45) is 0.182. The highest BCUT2D eigenvalue weighted by Gasteiger charge is 2.25. The third-order valence-corrected chi connectivity index (χ3v) is 6.77. The topological polar surface area (TPSA) is 109 Å². The molecule has 0 amide bonds. The summed E-state index contributed by atoms with van der Waals surface area (Å²) in [5.74, 6) is 1.62. The molecule has 0 aliphatic carbocycles. The minimum Gasteiger partial charge on any atom is -0.492 e. The summed E-state index contributed by atoms with van der Waals surface area (Å²) in [7, 11) is -3.46. The Labute approximate surface area is 189 Å². The van der Waals surface area contributed by atoms with Crippen LogP contribution in [-0.4, -0.2) is 49.4 Å². The molecule has 0 atom stereocenters. The standard InChI is InChI=1S/C23H28N2O6S/c1-17(2)31-22-7-4-18(12-20(22)14-24)16-30-21-6-5-19-15-25(8-10-29-23(19)13-21)32(27,28)11-3-9-26/h4-7,12-13,17,26H,3,8-11,15-16H2,1-2H3. The average molecular weight is 461 g/mol. The van der Waals surface area contributed by atoms with Gasteiger partial charge in [-0.05, 0) is 44.0 Å². The number of sulfonamides is 1. The highest BCUT2D eigenvalue weighted by atomic mass is 32.2. The van der Waals surface area contributed by atoms with Gasteiger partial charge in [-0.2, -0.15) is 9.57 Å². The molecule has 1 N–H and O–H groups in total. The second-order valence-electron chi connectivity index (χ2n) is 7.74. The van der Waals surface area contributed by atoms with Crippen LogP contribution in [0.4, 0.5) is 0 Å². The molecule has 0 unspecified atom stereocenters. The van der Waals surface area contributed by atoms with Crippen molar-refractivity contribution in [3.63, 3.8) is 0 Å². The number of ether oxygens (including phenoxy) is 3. The quantitative estimate of drug-likeness (QED) is 0.613. The van der Waals surface area contributed by atoms with Crippen molar-refractivity contribution in [2.75, 3.05) is 25.5 Å². The third-order valence-electron chi connectivity index (χ3n) is 4.87. The number of rotatable bonds is 9. The predicted octanol–water partition coefficient (Wildman–Crippen LogP) is 2.83. The van der Waals surface area contributed by atoms with E-state index in [0.29, 0.717) is 22.8 Å². The van der Waals surface area contributed by atoms with Crippen molar-refractivity contribution in [2.45, 2.75) is 39.5 Å². The van der Waals surface area contributed by atoms with E-state index in [-0.39, 0.29) is 51.2 Å². The number of aliphatic hydroxyl groups excluding tert-OH is 1. The van der Waals surface area contributed by atoms with Gasteiger partial charge in [0.05, 0.1) is 17.4 Å². The molecule has 2 aromatic rings. The first-order valence-corrected chi connectivity index (χ1v) is 12.1. The molecular formula is C23H28N2O6S. The number of hydrogen-bond acceptors (Lipinski definition) is 7. The molecule has 0 bridgehead atoms. The van der Waals surface area contributed by atoms with Crippen molar-refractivity contribution in [3.8, 4) is 23.3 Å². The maximum absolute atomic E-state index is 12.5. The summed E-state index contributed by atoms with van der Waals surface area (Å²) in [5.41, 5.74) is 2.03. The molecule has 1 aliphatic rings. The van der Waals surface area contributed by atoms with Gasteiger partial charge < -0.3 is 19.3 Å². The fourth-order valence-corrected chi connectivity index (χ4v) is 4.75. The van der Waals surface area contributed by atoms with E-state index in [0.717, 1.165) is 11.1 Å². The van der Waals surface area contributed by atoms with Crippen LogP contribution in [0.1, 0.15) is 37.0 Å². The van der Waals surface area contributed by atoms with Gasteiger partial charge in [0, 0.05) is 31.3 Å². The lowest BCUT2D eigenvalue weighted by Gasteiger charge is -2.19. The lowest BCUT2D eigenvalue weighted by molar-refractivity contribution is 0.241. The van der Waals surface area contributed by atoms with Crippen molar-refractivity contribution >= 4 is 10.0 Å². The number of aliphatic hydroxyl groups is 1. The first-order chi connectivity index (χ1) is 15.3. The normalized spacial score (nSPS) is 14.2. The Morgan fingerprint density at radius 1 is 1.25 bits per heavy atom. The largest absolute Gasteiger partial charge is 0.492 e. The van der Waals surface area contributed by atoms with Crippen molar-refractivity contribution < 1.29 is 27.7 Å². The van der Waals surface area contributed by atoms with E-state index in [9.17, 15) is 13.7 Å². The molecule has 0 saturated carbocycles. The maximum Gasteiger partial charge on any atom is 0.214 e. The number of fused-ring (bicyclic) bond motifs is 1. The van der Waals surface area contributed by atoms with Gasteiger partial charge in [-0.15, -0.1) is 0 Å². The van der Waals surface area contributed by atoms with Crippen LogP contribution in [0, 0.1) is 11.3 Å². The molecule has 1 aliphatic heterocycles. The molecule has 2 aromatic carbocycles. The number of nitriles is 1. The van der Waals surface area contributed by atoms with Crippen LogP contribution in [0.2, 0.25) is 0 Å². The Bertz CT molecular complexity index is 1080. The van der Waals surface area contributed by atoms with Crippen LogP contribution in [0.15, 0.2) is 36.4 Å². The summed E-state index contributed by atoms with van der Waals surface area (Å²) in [6.45, 7) is 4.61. The summed E-state index contributed by atoms with van der Waals surface area (Å²) >= 11 is 0. The van der Waals surface area contributed by atoms with Crippen molar-refractivity contribution in [2.24, 2.45) is 0 Å². The van der Waals surface area contributed by atoms with Gasteiger partial charge in [-0.1, -0.05) is 12.1 Å². The first-order valence-electron chi connectivity index (χ1n) is 10.5. The molecule has 0 radical (unpaired) electrons. The Kier molecular flexibility index (Phi) is 7.96. The van der Waals surface area contributed by atoms with E-state index in [1.54, 1.807) is 30.3 Å². The van der Waals surface area contributed by atoms with Gasteiger partial charge in [-0.25, -0.2) is 8.42 Å². The zero-order chi connectivity index (χ0) is 23.1. The third kappa shape index (κ3) is 6.13. The van der Waals surface area contributed by atoms with Gasteiger partial charge in [0.25, 0.3) is 0 Å². The molecule has 0 aromatic heterocycles. The minimum absolute atomic E-state index is 0.0237. The summed E-state index contributed by atoms with van der Waals surface area (Å²) in [4.78, 5) is 0. The van der Waals surface area contributed by atoms with E-state index in [2.05, 4.69) is 6.07 Å². The smallest absolute Gasteiger partial charge is 0.214 e. The summed E-state index contributed by atoms with van der Waals surface area (Å²) in [5, 5.41) is 18.3. The molecule has 1 heterocycles. The SMILES string of the molecule is CC(C)Oc1ccc(COc2ccc3c(c2)OCCN(S(=O)(=O)CCCO)C3)cc1C#N. The van der Waals surface area contributed by atoms with Crippen molar-refractivity contribution in [1.29, 1.82) is 5.26 Å². The lowest BCUT2D eigenvalue weighted by atomic mass is 10.1. The molecule has 0 spiro atoms. The van der Waals surface area contributed by atoms with Gasteiger partial charge >= 0.3 is 0 Å². The first kappa shape index (κ1) is 23.9. The van der Waals surface area contributed by atoms with Crippen LogP contribution in [0.25, 0.3) is 0 Å². The van der Waals surface area contributed by atoms with Gasteiger partial charge in [0.15, 0.2) is 0 Å². The highest BCUT2D eigenvalue weighted by Crippen LogP contribution is 2.30. The van der Waals surface area contributed by atoms with E-state index in [1.165, 1.54) is 4.31 Å². The van der Waals surface area contributed by atoms with Crippen LogP contribution in [0.5, 0.6) is 17.2 Å². The second-order valence-corrected chi connectivity index (χ2v) is 9.83. The van der Waals surface area contributed by atoms with Crippen LogP contribution in [0.3, 0.4) is 0 Å². The van der Waals surface area contributed by atoms with Crippen molar-refractivity contribution in [3.05, 3.63) is 53.1 Å². The van der Waals surface area contributed by atoms with Gasteiger partial charge in [0.1, 0.15) is 36.5 Å². The van der Waals surface area contributed by atoms with Crippen LogP contribution >= 0.6 is 0 Å². The molecule has 8 nitrogen and oxygen atoms in total. The van der Waals surface area contributed by atoms with Crippen molar-refractivity contribution in [1.82, 2.24) is 4.31 Å². The van der Waals surface area contributed by atoms with Crippen LogP contribution < -0.4 is 14.2 Å². The highest BCUT2D eigenvalue weighted by molar-refractivity contribution is 7.89. The van der Waals surface area contributed by atoms with Crippen LogP contribution in [-0.2, 0) is 23.2 Å². The summed E-state index contributed by atoms with van der Waals surface area (Å²) in [6, 6.07) is 12.8. The van der Waals surface area contributed by atoms with Gasteiger partial charge in [-0.3, -0.25) is 0 Å². The minimum atomic E-state index is -3.46. The zero-order valence-electron chi connectivity index (χ0n) is 18.3. The Morgan fingerprint density at radius 2 is 2.06 bits per heavy atom. The van der Waals surface area contributed by atoms with Gasteiger partial charge in [0.2, 0.25) is 10.0 Å². The summed E-state index contributed by atoms with van der Waals surface area (Å²) < 4.78 is 43.6. The second kappa shape index (κ2) is 10.7. The average Bonchev–Trinajstić information content (AvgIpc) is 2.99. The molecule has 0 saturated heterocycles. The predicted molar refractivity (Wildman–Crippen MR) is 119 cm³/mol. The molecule has 0 fully saturated rings. The Morgan fingerprint density at radius 3 is 2.78 bits per heavy atom. The maximum atomic E-state index is 12.5. The Hall–Kier alpha value is -2.80. The monoisotopic (exact) mass is 460 g/mol. The molecule has 32 heavy (non-hydrogen) atoms. The number of benzene rings is 2. The molecule has 172 valence electrons. The lowest BCUT2D eigenvalue weighted by Crippen LogP contribution is -2.34. The molecule has 3 rings (SSSR count). The fourth-order valence-electron chi connectivity index (χ4n) is 3.31.